The molecule has 0 fully saturated rings. The van der Waals surface area contributed by atoms with Crippen LogP contribution in [0.1, 0.15) is 11.4 Å². The molecule has 1 aromatic heterocycles. The Bertz CT molecular complexity index is 842. The van der Waals surface area contributed by atoms with Gasteiger partial charge in [-0.3, -0.25) is 9.67 Å². The SMILES string of the molecule is CN=C(NCCc1ccc2ccccc2c1)NCc1ncnn1C.I. The molecular weight excluding hydrogens is 427 g/mol. The van der Waals surface area contributed by atoms with Crippen molar-refractivity contribution in [3.05, 3.63) is 60.2 Å². The summed E-state index contributed by atoms with van der Waals surface area (Å²) in [6.45, 7) is 1.41. The lowest BCUT2D eigenvalue weighted by Crippen LogP contribution is -2.38. The number of aliphatic imine (C=N–C) groups is 1. The van der Waals surface area contributed by atoms with Gasteiger partial charge in [-0.05, 0) is 22.8 Å². The second kappa shape index (κ2) is 9.36. The minimum Gasteiger partial charge on any atom is -0.356 e. The van der Waals surface area contributed by atoms with Gasteiger partial charge in [0.05, 0.1) is 6.54 Å². The van der Waals surface area contributed by atoms with E-state index in [9.17, 15) is 0 Å². The fraction of sp³-hybridized carbons (Fsp3) is 0.278. The van der Waals surface area contributed by atoms with Crippen LogP contribution in [0, 0.1) is 0 Å². The van der Waals surface area contributed by atoms with Gasteiger partial charge in [0.2, 0.25) is 0 Å². The number of halogens is 1. The van der Waals surface area contributed by atoms with E-state index in [-0.39, 0.29) is 24.0 Å². The molecule has 0 radical (unpaired) electrons. The second-order valence-electron chi connectivity index (χ2n) is 5.58. The predicted molar refractivity (Wildman–Crippen MR) is 112 cm³/mol. The summed E-state index contributed by atoms with van der Waals surface area (Å²) >= 11 is 0. The van der Waals surface area contributed by atoms with E-state index in [1.165, 1.54) is 16.3 Å². The molecule has 2 aromatic carbocycles. The van der Waals surface area contributed by atoms with Gasteiger partial charge in [-0.15, -0.1) is 24.0 Å². The van der Waals surface area contributed by atoms with Crippen molar-refractivity contribution in [3.63, 3.8) is 0 Å². The van der Waals surface area contributed by atoms with Gasteiger partial charge < -0.3 is 10.6 Å². The molecule has 0 saturated heterocycles. The third-order valence-corrected chi connectivity index (χ3v) is 3.96. The van der Waals surface area contributed by atoms with E-state index in [1.807, 2.05) is 7.05 Å². The summed E-state index contributed by atoms with van der Waals surface area (Å²) in [5.74, 6) is 1.63. The second-order valence-corrected chi connectivity index (χ2v) is 5.58. The fourth-order valence-corrected chi connectivity index (χ4v) is 2.58. The van der Waals surface area contributed by atoms with Crippen molar-refractivity contribution in [2.45, 2.75) is 13.0 Å². The predicted octanol–water partition coefficient (Wildman–Crippen LogP) is 2.49. The van der Waals surface area contributed by atoms with Crippen molar-refractivity contribution < 1.29 is 0 Å². The van der Waals surface area contributed by atoms with E-state index in [2.05, 4.69) is 68.2 Å². The van der Waals surface area contributed by atoms with Crippen LogP contribution in [0.5, 0.6) is 0 Å². The Labute approximate surface area is 164 Å². The zero-order valence-corrected chi connectivity index (χ0v) is 16.8. The normalized spacial score (nSPS) is 11.2. The maximum Gasteiger partial charge on any atom is 0.191 e. The standard InChI is InChI=1S/C18H22N6.HI/c1-19-18(21-12-17-22-13-23-24(17)2)20-10-9-14-7-8-15-5-3-4-6-16(15)11-14;/h3-8,11,13H,9-10,12H2,1-2H3,(H2,19,20,21);1H. The summed E-state index contributed by atoms with van der Waals surface area (Å²) in [6.07, 6.45) is 2.49. The van der Waals surface area contributed by atoms with Crippen LogP contribution in [0.15, 0.2) is 53.8 Å². The molecular formula is C18H23IN6. The molecule has 6 nitrogen and oxygen atoms in total. The lowest BCUT2D eigenvalue weighted by atomic mass is 10.1. The highest BCUT2D eigenvalue weighted by Crippen LogP contribution is 2.15. The zero-order valence-electron chi connectivity index (χ0n) is 14.4. The first kappa shape index (κ1) is 19.2. The molecule has 0 unspecified atom stereocenters. The molecule has 0 aliphatic carbocycles. The van der Waals surface area contributed by atoms with Crippen LogP contribution >= 0.6 is 24.0 Å². The summed E-state index contributed by atoms with van der Waals surface area (Å²) < 4.78 is 1.75. The summed E-state index contributed by atoms with van der Waals surface area (Å²) in [5.41, 5.74) is 1.31. The third-order valence-electron chi connectivity index (χ3n) is 3.96. The van der Waals surface area contributed by atoms with Crippen LogP contribution < -0.4 is 10.6 Å². The van der Waals surface area contributed by atoms with Gasteiger partial charge in [0.25, 0.3) is 0 Å². The number of benzene rings is 2. The fourth-order valence-electron chi connectivity index (χ4n) is 2.58. The van der Waals surface area contributed by atoms with Crippen molar-refractivity contribution in [2.24, 2.45) is 12.0 Å². The smallest absolute Gasteiger partial charge is 0.191 e. The topological polar surface area (TPSA) is 67.1 Å². The van der Waals surface area contributed by atoms with E-state index >= 15 is 0 Å². The van der Waals surface area contributed by atoms with Gasteiger partial charge in [-0.2, -0.15) is 5.10 Å². The molecule has 0 aliphatic rings. The van der Waals surface area contributed by atoms with E-state index in [4.69, 9.17) is 0 Å². The first-order chi connectivity index (χ1) is 11.8. The summed E-state index contributed by atoms with van der Waals surface area (Å²) in [7, 11) is 3.64. The van der Waals surface area contributed by atoms with Crippen molar-refractivity contribution in [3.8, 4) is 0 Å². The molecule has 2 N–H and O–H groups in total. The maximum atomic E-state index is 4.24. The Kier molecular flexibility index (Phi) is 7.17. The first-order valence-corrected chi connectivity index (χ1v) is 8.01. The highest BCUT2D eigenvalue weighted by molar-refractivity contribution is 14.0. The van der Waals surface area contributed by atoms with Crippen LogP contribution in [0.2, 0.25) is 0 Å². The van der Waals surface area contributed by atoms with Crippen molar-refractivity contribution in [2.75, 3.05) is 13.6 Å². The molecule has 0 saturated carbocycles. The van der Waals surface area contributed by atoms with Crippen LogP contribution in [-0.4, -0.2) is 34.3 Å². The summed E-state index contributed by atoms with van der Waals surface area (Å²) in [5, 5.41) is 13.2. The number of rotatable bonds is 5. The first-order valence-electron chi connectivity index (χ1n) is 8.01. The molecule has 132 valence electrons. The van der Waals surface area contributed by atoms with Crippen molar-refractivity contribution >= 4 is 40.7 Å². The number of nitrogens with one attached hydrogen (secondary N) is 2. The number of hydrogen-bond donors (Lipinski definition) is 2. The van der Waals surface area contributed by atoms with Crippen molar-refractivity contribution in [1.29, 1.82) is 0 Å². The molecule has 3 rings (SSSR count). The highest BCUT2D eigenvalue weighted by atomic mass is 127. The average molecular weight is 450 g/mol. The molecule has 25 heavy (non-hydrogen) atoms. The quantitative estimate of drug-likeness (QED) is 0.356. The van der Waals surface area contributed by atoms with Gasteiger partial charge in [-0.25, -0.2) is 4.98 Å². The summed E-state index contributed by atoms with van der Waals surface area (Å²) in [4.78, 5) is 8.42. The minimum absolute atomic E-state index is 0. The lowest BCUT2D eigenvalue weighted by Gasteiger charge is -2.11. The van der Waals surface area contributed by atoms with E-state index < -0.39 is 0 Å². The maximum absolute atomic E-state index is 4.24. The number of guanidine groups is 1. The highest BCUT2D eigenvalue weighted by Gasteiger charge is 2.03. The Hall–Kier alpha value is -2.16. The van der Waals surface area contributed by atoms with Gasteiger partial charge in [0, 0.05) is 20.6 Å². The van der Waals surface area contributed by atoms with Gasteiger partial charge >= 0.3 is 0 Å². The number of aromatic nitrogens is 3. The van der Waals surface area contributed by atoms with Crippen LogP contribution in [0.4, 0.5) is 0 Å². The molecule has 0 atom stereocenters. The molecule has 1 heterocycles. The van der Waals surface area contributed by atoms with E-state index in [0.29, 0.717) is 6.54 Å². The van der Waals surface area contributed by atoms with Crippen molar-refractivity contribution in [1.82, 2.24) is 25.4 Å². The largest absolute Gasteiger partial charge is 0.356 e. The van der Waals surface area contributed by atoms with E-state index in [1.54, 1.807) is 18.1 Å². The summed E-state index contributed by atoms with van der Waals surface area (Å²) in [6, 6.07) is 15.0. The van der Waals surface area contributed by atoms with Gasteiger partial charge in [-0.1, -0.05) is 42.5 Å². The Morgan fingerprint density at radius 3 is 2.64 bits per heavy atom. The molecule has 0 bridgehead atoms. The number of aryl methyl sites for hydroxylation is 1. The van der Waals surface area contributed by atoms with Gasteiger partial charge in [0.15, 0.2) is 5.96 Å². The van der Waals surface area contributed by atoms with Crippen LogP contribution in [-0.2, 0) is 20.0 Å². The molecule has 0 amide bonds. The minimum atomic E-state index is 0. The molecule has 0 spiro atoms. The Balaban J connectivity index is 0.00000225. The molecule has 7 heteroatoms. The molecule has 0 aliphatic heterocycles. The van der Waals surface area contributed by atoms with Crippen LogP contribution in [0.25, 0.3) is 10.8 Å². The van der Waals surface area contributed by atoms with Crippen LogP contribution in [0.3, 0.4) is 0 Å². The van der Waals surface area contributed by atoms with E-state index in [0.717, 1.165) is 24.7 Å². The zero-order chi connectivity index (χ0) is 16.8. The number of fused-ring (bicyclic) bond motifs is 1. The Morgan fingerprint density at radius 2 is 1.92 bits per heavy atom. The monoisotopic (exact) mass is 450 g/mol. The molecule has 3 aromatic rings. The third kappa shape index (κ3) is 5.15. The number of nitrogens with zero attached hydrogens (tertiary/aromatic N) is 4. The van der Waals surface area contributed by atoms with Gasteiger partial charge in [0.1, 0.15) is 12.2 Å². The Morgan fingerprint density at radius 1 is 1.12 bits per heavy atom. The average Bonchev–Trinajstić information content (AvgIpc) is 3.03. The number of hydrogen-bond acceptors (Lipinski definition) is 3. The lowest BCUT2D eigenvalue weighted by molar-refractivity contribution is 0.672.